The van der Waals surface area contributed by atoms with Gasteiger partial charge in [-0.1, -0.05) is 24.3 Å². The summed E-state index contributed by atoms with van der Waals surface area (Å²) in [6.45, 7) is 3.45. The van der Waals surface area contributed by atoms with E-state index in [-0.39, 0.29) is 42.4 Å². The topological polar surface area (TPSA) is 80.0 Å². The van der Waals surface area contributed by atoms with Crippen LogP contribution in [0.25, 0.3) is 0 Å². The van der Waals surface area contributed by atoms with E-state index in [0.29, 0.717) is 18.5 Å². The Morgan fingerprint density at radius 1 is 1.30 bits per heavy atom. The first kappa shape index (κ1) is 26.5. The highest BCUT2D eigenvalue weighted by Gasteiger charge is 2.27. The zero-order valence-corrected chi connectivity index (χ0v) is 19.4. The molecule has 1 aromatic carbocycles. The second kappa shape index (κ2) is 13.0. The van der Waals surface area contributed by atoms with Crippen LogP contribution in [0.2, 0.25) is 0 Å². The number of alkyl halides is 3. The number of guanidine groups is 1. The van der Waals surface area contributed by atoms with Crippen LogP contribution in [0.1, 0.15) is 37.3 Å². The summed E-state index contributed by atoms with van der Waals surface area (Å²) >= 11 is 0. The minimum Gasteiger partial charge on any atom is -0.370 e. The predicted molar refractivity (Wildman–Crippen MR) is 120 cm³/mol. The lowest BCUT2D eigenvalue weighted by Gasteiger charge is -2.34. The van der Waals surface area contributed by atoms with Gasteiger partial charge in [-0.25, -0.2) is 4.99 Å². The highest BCUT2D eigenvalue weighted by molar-refractivity contribution is 14.0. The molecular formula is C20H30F3IN4O2. The van der Waals surface area contributed by atoms with Gasteiger partial charge >= 0.3 is 6.18 Å². The van der Waals surface area contributed by atoms with Gasteiger partial charge in [0.05, 0.1) is 13.2 Å². The van der Waals surface area contributed by atoms with Crippen molar-refractivity contribution in [2.75, 3.05) is 26.2 Å². The van der Waals surface area contributed by atoms with Gasteiger partial charge in [0.1, 0.15) is 6.61 Å². The molecule has 1 unspecified atom stereocenters. The van der Waals surface area contributed by atoms with Crippen molar-refractivity contribution in [3.8, 4) is 0 Å². The molecule has 1 atom stereocenters. The van der Waals surface area contributed by atoms with Gasteiger partial charge in [0.15, 0.2) is 5.96 Å². The first-order valence-electron chi connectivity index (χ1n) is 9.80. The van der Waals surface area contributed by atoms with Crippen LogP contribution in [0.5, 0.6) is 0 Å². The molecule has 1 aliphatic rings. The van der Waals surface area contributed by atoms with Crippen LogP contribution < -0.4 is 11.1 Å². The predicted octanol–water partition coefficient (Wildman–Crippen LogP) is 3.44. The third-order valence-electron chi connectivity index (χ3n) is 4.61. The number of nitrogens with one attached hydrogen (secondary N) is 1. The summed E-state index contributed by atoms with van der Waals surface area (Å²) in [5, 5.41) is 3.28. The molecule has 170 valence electrons. The number of ether oxygens (including phenoxy) is 1. The summed E-state index contributed by atoms with van der Waals surface area (Å²) in [6.07, 6.45) is -1.97. The van der Waals surface area contributed by atoms with Gasteiger partial charge in [0.25, 0.3) is 0 Å². The van der Waals surface area contributed by atoms with Crippen molar-refractivity contribution < 1.29 is 22.7 Å². The van der Waals surface area contributed by atoms with Crippen molar-refractivity contribution in [2.45, 2.75) is 45.5 Å². The summed E-state index contributed by atoms with van der Waals surface area (Å²) in [7, 11) is 0. The molecular weight excluding hydrogens is 512 g/mol. The number of carbonyl (C=O) groups is 1. The highest BCUT2D eigenvalue weighted by atomic mass is 127. The molecule has 1 fully saturated rings. The number of halogens is 4. The van der Waals surface area contributed by atoms with Crippen molar-refractivity contribution in [1.29, 1.82) is 0 Å². The Kier molecular flexibility index (Phi) is 11.5. The van der Waals surface area contributed by atoms with Gasteiger partial charge < -0.3 is 20.7 Å². The molecule has 1 aliphatic heterocycles. The molecule has 0 spiro atoms. The van der Waals surface area contributed by atoms with Gasteiger partial charge in [-0.05, 0) is 36.8 Å². The molecule has 1 aromatic rings. The molecule has 3 N–H and O–H groups in total. The first-order chi connectivity index (χ1) is 13.8. The van der Waals surface area contributed by atoms with E-state index < -0.39 is 12.8 Å². The average molecular weight is 542 g/mol. The number of piperidine rings is 1. The van der Waals surface area contributed by atoms with Crippen LogP contribution in [0, 0.1) is 5.92 Å². The number of likely N-dealkylation sites (tertiary alicyclic amines) is 1. The quantitative estimate of drug-likeness (QED) is 0.300. The Balaban J connectivity index is 0.00000450. The van der Waals surface area contributed by atoms with E-state index >= 15 is 0 Å². The Morgan fingerprint density at radius 3 is 2.57 bits per heavy atom. The summed E-state index contributed by atoms with van der Waals surface area (Å²) in [6, 6.07) is 7.17. The van der Waals surface area contributed by atoms with Crippen LogP contribution >= 0.6 is 24.0 Å². The number of amides is 1. The molecule has 1 saturated heterocycles. The van der Waals surface area contributed by atoms with E-state index in [1.807, 2.05) is 19.1 Å². The van der Waals surface area contributed by atoms with Gasteiger partial charge in [-0.15, -0.1) is 24.0 Å². The SMILES string of the molecule is CCNC(=NCc1ccc(COCC(F)(F)F)cc1)N1CCCC(CC(N)=O)C1.I. The normalized spacial score (nSPS) is 17.4. The molecule has 1 heterocycles. The third kappa shape index (κ3) is 9.96. The lowest BCUT2D eigenvalue weighted by Crippen LogP contribution is -2.47. The molecule has 0 aromatic heterocycles. The maximum absolute atomic E-state index is 12.1. The molecule has 0 aliphatic carbocycles. The molecule has 1 amide bonds. The summed E-state index contributed by atoms with van der Waals surface area (Å²) in [4.78, 5) is 18.0. The van der Waals surface area contributed by atoms with Crippen molar-refractivity contribution in [2.24, 2.45) is 16.6 Å². The zero-order valence-electron chi connectivity index (χ0n) is 17.1. The minimum absolute atomic E-state index is 0. The second-order valence-corrected chi connectivity index (χ2v) is 7.22. The molecule has 2 rings (SSSR count). The van der Waals surface area contributed by atoms with Crippen LogP contribution in [-0.4, -0.2) is 49.2 Å². The van der Waals surface area contributed by atoms with Crippen LogP contribution in [0.3, 0.4) is 0 Å². The smallest absolute Gasteiger partial charge is 0.370 e. The van der Waals surface area contributed by atoms with Gasteiger partial charge in [0.2, 0.25) is 5.91 Å². The number of nitrogens with two attached hydrogens (primary N) is 1. The van der Waals surface area contributed by atoms with Gasteiger partial charge in [-0.3, -0.25) is 4.79 Å². The van der Waals surface area contributed by atoms with Crippen molar-refractivity contribution in [3.05, 3.63) is 35.4 Å². The van der Waals surface area contributed by atoms with E-state index in [4.69, 9.17) is 5.73 Å². The number of nitrogens with zero attached hydrogens (tertiary/aromatic N) is 2. The Morgan fingerprint density at radius 2 is 1.97 bits per heavy atom. The number of aliphatic imine (C=N–C) groups is 1. The van der Waals surface area contributed by atoms with Gasteiger partial charge in [-0.2, -0.15) is 13.2 Å². The summed E-state index contributed by atoms with van der Waals surface area (Å²) in [5.74, 6) is 0.749. The number of carbonyl (C=O) groups excluding carboxylic acids is 1. The number of hydrogen-bond donors (Lipinski definition) is 2. The third-order valence-corrected chi connectivity index (χ3v) is 4.61. The molecule has 6 nitrogen and oxygen atoms in total. The second-order valence-electron chi connectivity index (χ2n) is 7.22. The molecule has 30 heavy (non-hydrogen) atoms. The van der Waals surface area contributed by atoms with Crippen LogP contribution in [0.4, 0.5) is 13.2 Å². The van der Waals surface area contributed by atoms with Crippen molar-refractivity contribution >= 4 is 35.8 Å². The molecule has 0 radical (unpaired) electrons. The Labute approximate surface area is 192 Å². The molecule has 0 bridgehead atoms. The fourth-order valence-electron chi connectivity index (χ4n) is 3.33. The largest absolute Gasteiger partial charge is 0.411 e. The van der Waals surface area contributed by atoms with E-state index in [2.05, 4.69) is 19.9 Å². The van der Waals surface area contributed by atoms with E-state index in [1.165, 1.54) is 0 Å². The van der Waals surface area contributed by atoms with E-state index in [0.717, 1.165) is 44.0 Å². The first-order valence-corrected chi connectivity index (χ1v) is 9.80. The Hall–Kier alpha value is -1.56. The zero-order chi connectivity index (χ0) is 21.3. The van der Waals surface area contributed by atoms with Crippen molar-refractivity contribution in [3.63, 3.8) is 0 Å². The van der Waals surface area contributed by atoms with Crippen LogP contribution in [-0.2, 0) is 22.7 Å². The highest BCUT2D eigenvalue weighted by Crippen LogP contribution is 2.20. The Bertz CT molecular complexity index is 684. The maximum atomic E-state index is 12.1. The number of hydrogen-bond acceptors (Lipinski definition) is 3. The minimum atomic E-state index is -4.32. The molecule has 0 saturated carbocycles. The number of primary amides is 1. The standard InChI is InChI=1S/C20H29F3N4O2.HI/c1-2-25-19(27-9-3-4-17(12-27)10-18(24)28)26-11-15-5-7-16(8-6-15)13-29-14-20(21,22)23;/h5-8,17H,2-4,9-14H2,1H3,(H2,24,28)(H,25,26);1H. The van der Waals surface area contributed by atoms with E-state index in [9.17, 15) is 18.0 Å². The van der Waals surface area contributed by atoms with Crippen LogP contribution in [0.15, 0.2) is 29.3 Å². The lowest BCUT2D eigenvalue weighted by molar-refractivity contribution is -0.176. The number of benzene rings is 1. The summed E-state index contributed by atoms with van der Waals surface area (Å²) in [5.41, 5.74) is 6.96. The fraction of sp³-hybridized carbons (Fsp3) is 0.600. The maximum Gasteiger partial charge on any atom is 0.411 e. The van der Waals surface area contributed by atoms with Gasteiger partial charge in [0, 0.05) is 26.1 Å². The monoisotopic (exact) mass is 542 g/mol. The summed E-state index contributed by atoms with van der Waals surface area (Å²) < 4.78 is 41.1. The average Bonchev–Trinajstić information content (AvgIpc) is 2.65. The van der Waals surface area contributed by atoms with Crippen molar-refractivity contribution in [1.82, 2.24) is 10.2 Å². The molecule has 10 heteroatoms. The van der Waals surface area contributed by atoms with E-state index in [1.54, 1.807) is 12.1 Å². The number of rotatable bonds is 8. The lowest BCUT2D eigenvalue weighted by atomic mass is 9.95. The fourth-order valence-corrected chi connectivity index (χ4v) is 3.33.